The van der Waals surface area contributed by atoms with E-state index in [9.17, 15) is 9.90 Å². The summed E-state index contributed by atoms with van der Waals surface area (Å²) >= 11 is 0. The molecule has 1 heterocycles. The lowest BCUT2D eigenvalue weighted by atomic mass is 10.0. The van der Waals surface area contributed by atoms with Gasteiger partial charge >= 0.3 is 0 Å². The fourth-order valence-corrected chi connectivity index (χ4v) is 2.39. The van der Waals surface area contributed by atoms with Crippen LogP contribution in [0, 0.1) is 5.92 Å². The largest absolute Gasteiger partial charge is 0.396 e. The molecule has 2 atom stereocenters. The van der Waals surface area contributed by atoms with E-state index in [1.807, 2.05) is 12.1 Å². The second-order valence-electron chi connectivity index (χ2n) is 4.58. The standard InChI is InChI=1S/C13H18N2O2/c16-9-11-2-1-3-12(11)15-13(17)8-10-4-6-14-7-5-10/h4-7,11-12,16H,1-3,8-9H2,(H,15,17). The Labute approximate surface area is 101 Å². The van der Waals surface area contributed by atoms with Crippen molar-refractivity contribution in [1.29, 1.82) is 0 Å². The molecule has 17 heavy (non-hydrogen) atoms. The van der Waals surface area contributed by atoms with Crippen molar-refractivity contribution >= 4 is 5.91 Å². The molecule has 0 saturated heterocycles. The van der Waals surface area contributed by atoms with Crippen LogP contribution in [0.5, 0.6) is 0 Å². The van der Waals surface area contributed by atoms with Gasteiger partial charge in [0.2, 0.25) is 5.91 Å². The molecule has 4 nitrogen and oxygen atoms in total. The van der Waals surface area contributed by atoms with E-state index in [1.54, 1.807) is 12.4 Å². The Bertz CT molecular complexity index is 367. The summed E-state index contributed by atoms with van der Waals surface area (Å²) < 4.78 is 0. The van der Waals surface area contributed by atoms with Gasteiger partial charge < -0.3 is 10.4 Å². The number of carbonyl (C=O) groups excluding carboxylic acids is 1. The fraction of sp³-hybridized carbons (Fsp3) is 0.538. The van der Waals surface area contributed by atoms with Crippen LogP contribution in [-0.4, -0.2) is 28.6 Å². The molecule has 1 amide bonds. The van der Waals surface area contributed by atoms with Crippen molar-refractivity contribution in [2.75, 3.05) is 6.61 Å². The van der Waals surface area contributed by atoms with Crippen LogP contribution in [-0.2, 0) is 11.2 Å². The van der Waals surface area contributed by atoms with Crippen LogP contribution in [0.3, 0.4) is 0 Å². The minimum Gasteiger partial charge on any atom is -0.396 e. The highest BCUT2D eigenvalue weighted by molar-refractivity contribution is 5.78. The number of pyridine rings is 1. The Hall–Kier alpha value is -1.42. The van der Waals surface area contributed by atoms with Gasteiger partial charge in [0.05, 0.1) is 6.42 Å². The van der Waals surface area contributed by atoms with Crippen molar-refractivity contribution in [2.24, 2.45) is 5.92 Å². The molecule has 2 N–H and O–H groups in total. The molecule has 0 bridgehead atoms. The second-order valence-corrected chi connectivity index (χ2v) is 4.58. The molecule has 92 valence electrons. The average molecular weight is 234 g/mol. The van der Waals surface area contributed by atoms with Crippen LogP contribution >= 0.6 is 0 Å². The van der Waals surface area contributed by atoms with E-state index in [4.69, 9.17) is 0 Å². The number of nitrogens with zero attached hydrogens (tertiary/aromatic N) is 1. The van der Waals surface area contributed by atoms with Crippen molar-refractivity contribution < 1.29 is 9.90 Å². The Balaban J connectivity index is 1.85. The van der Waals surface area contributed by atoms with E-state index >= 15 is 0 Å². The maximum Gasteiger partial charge on any atom is 0.224 e. The molecule has 0 aliphatic heterocycles. The number of aliphatic hydroxyl groups is 1. The van der Waals surface area contributed by atoms with E-state index in [2.05, 4.69) is 10.3 Å². The third-order valence-electron chi connectivity index (χ3n) is 3.35. The normalized spacial score (nSPS) is 23.6. The maximum atomic E-state index is 11.8. The highest BCUT2D eigenvalue weighted by Gasteiger charge is 2.27. The number of rotatable bonds is 4. The molecule has 0 spiro atoms. The zero-order valence-electron chi connectivity index (χ0n) is 9.80. The SMILES string of the molecule is O=C(Cc1ccncc1)NC1CCCC1CO. The van der Waals surface area contributed by atoms with Gasteiger partial charge in [-0.05, 0) is 30.5 Å². The number of amides is 1. The molecular weight excluding hydrogens is 216 g/mol. The van der Waals surface area contributed by atoms with Gasteiger partial charge in [-0.3, -0.25) is 9.78 Å². The van der Waals surface area contributed by atoms with Crippen LogP contribution in [0.4, 0.5) is 0 Å². The van der Waals surface area contributed by atoms with Crippen molar-refractivity contribution in [3.63, 3.8) is 0 Å². The van der Waals surface area contributed by atoms with Gasteiger partial charge in [0, 0.05) is 31.0 Å². The van der Waals surface area contributed by atoms with Crippen molar-refractivity contribution in [2.45, 2.75) is 31.7 Å². The highest BCUT2D eigenvalue weighted by atomic mass is 16.3. The minimum atomic E-state index is 0.0292. The van der Waals surface area contributed by atoms with Gasteiger partial charge in [-0.25, -0.2) is 0 Å². The lowest BCUT2D eigenvalue weighted by molar-refractivity contribution is -0.121. The zero-order valence-corrected chi connectivity index (χ0v) is 9.80. The lowest BCUT2D eigenvalue weighted by Crippen LogP contribution is -2.39. The van der Waals surface area contributed by atoms with Gasteiger partial charge in [0.15, 0.2) is 0 Å². The van der Waals surface area contributed by atoms with Crippen LogP contribution in [0.15, 0.2) is 24.5 Å². The summed E-state index contributed by atoms with van der Waals surface area (Å²) in [6, 6.07) is 3.84. The summed E-state index contributed by atoms with van der Waals surface area (Å²) in [5.74, 6) is 0.262. The number of aromatic nitrogens is 1. The van der Waals surface area contributed by atoms with Gasteiger partial charge in [-0.2, -0.15) is 0 Å². The summed E-state index contributed by atoms with van der Waals surface area (Å²) in [5.41, 5.74) is 0.969. The van der Waals surface area contributed by atoms with Crippen molar-refractivity contribution in [3.05, 3.63) is 30.1 Å². The second kappa shape index (κ2) is 5.77. The molecule has 1 aliphatic carbocycles. The number of aliphatic hydroxyl groups excluding tert-OH is 1. The van der Waals surface area contributed by atoms with Crippen LogP contribution in [0.25, 0.3) is 0 Å². The third-order valence-corrected chi connectivity index (χ3v) is 3.35. The smallest absolute Gasteiger partial charge is 0.224 e. The van der Waals surface area contributed by atoms with Crippen LogP contribution in [0.1, 0.15) is 24.8 Å². The monoisotopic (exact) mass is 234 g/mol. The van der Waals surface area contributed by atoms with E-state index in [1.165, 1.54) is 0 Å². The average Bonchev–Trinajstić information content (AvgIpc) is 2.77. The topological polar surface area (TPSA) is 62.2 Å². The summed E-state index contributed by atoms with van der Waals surface area (Å²) in [7, 11) is 0. The van der Waals surface area contributed by atoms with Gasteiger partial charge in [0.25, 0.3) is 0 Å². The fourth-order valence-electron chi connectivity index (χ4n) is 2.39. The number of hydrogen-bond donors (Lipinski definition) is 2. The van der Waals surface area contributed by atoms with Crippen LogP contribution < -0.4 is 5.32 Å². The predicted molar refractivity (Wildman–Crippen MR) is 64.3 cm³/mol. The van der Waals surface area contributed by atoms with E-state index in [0.717, 1.165) is 24.8 Å². The van der Waals surface area contributed by atoms with Crippen LogP contribution in [0.2, 0.25) is 0 Å². The van der Waals surface area contributed by atoms with E-state index < -0.39 is 0 Å². The van der Waals surface area contributed by atoms with Crippen molar-refractivity contribution in [3.8, 4) is 0 Å². The first-order valence-electron chi connectivity index (χ1n) is 6.08. The molecule has 1 aromatic heterocycles. The molecule has 1 saturated carbocycles. The number of nitrogens with one attached hydrogen (secondary N) is 1. The van der Waals surface area contributed by atoms with E-state index in [-0.39, 0.29) is 24.5 Å². The Morgan fingerprint density at radius 1 is 1.41 bits per heavy atom. The number of carbonyl (C=O) groups is 1. The highest BCUT2D eigenvalue weighted by Crippen LogP contribution is 2.24. The summed E-state index contributed by atoms with van der Waals surface area (Å²) in [6.45, 7) is 0.167. The third kappa shape index (κ3) is 3.27. The summed E-state index contributed by atoms with van der Waals surface area (Å²) in [4.78, 5) is 15.7. The summed E-state index contributed by atoms with van der Waals surface area (Å²) in [6.07, 6.45) is 6.84. The van der Waals surface area contributed by atoms with Gasteiger partial charge in [-0.1, -0.05) is 6.42 Å². The molecule has 4 heteroatoms. The minimum absolute atomic E-state index is 0.0292. The molecule has 0 radical (unpaired) electrons. The molecule has 1 fully saturated rings. The number of hydrogen-bond acceptors (Lipinski definition) is 3. The van der Waals surface area contributed by atoms with E-state index in [0.29, 0.717) is 6.42 Å². The van der Waals surface area contributed by atoms with Gasteiger partial charge in [0.1, 0.15) is 0 Å². The Morgan fingerprint density at radius 2 is 2.18 bits per heavy atom. The van der Waals surface area contributed by atoms with Crippen molar-refractivity contribution in [1.82, 2.24) is 10.3 Å². The molecule has 2 unspecified atom stereocenters. The molecule has 0 aromatic carbocycles. The quantitative estimate of drug-likeness (QED) is 0.813. The molecule has 1 aliphatic rings. The first kappa shape index (κ1) is 12.0. The van der Waals surface area contributed by atoms with Gasteiger partial charge in [-0.15, -0.1) is 0 Å². The summed E-state index contributed by atoms with van der Waals surface area (Å²) in [5, 5.41) is 12.2. The molecule has 2 rings (SSSR count). The first-order chi connectivity index (χ1) is 8.29. The Kier molecular flexibility index (Phi) is 4.09. The zero-order chi connectivity index (χ0) is 12.1. The first-order valence-corrected chi connectivity index (χ1v) is 6.08. The molecular formula is C13H18N2O2. The maximum absolute atomic E-state index is 11.8. The molecule has 1 aromatic rings. The lowest BCUT2D eigenvalue weighted by Gasteiger charge is -2.18. The Morgan fingerprint density at radius 3 is 2.88 bits per heavy atom. The predicted octanol–water partition coefficient (Wildman–Crippen LogP) is 0.901.